The molecular formula is C93H90O7. The largest absolute Gasteiger partial charge is 0.481 e. The van der Waals surface area contributed by atoms with Gasteiger partial charge in [-0.15, -0.1) is 0 Å². The van der Waals surface area contributed by atoms with Crippen molar-refractivity contribution in [3.05, 3.63) is 241 Å². The number of carboxylic acid groups (broad SMARTS) is 3. The quantitative estimate of drug-likeness (QED) is 0.0329. The van der Waals surface area contributed by atoms with Crippen LogP contribution in [0.2, 0.25) is 0 Å². The lowest BCUT2D eigenvalue weighted by molar-refractivity contribution is -0.138. The molecule has 0 fully saturated rings. The molecule has 0 aliphatic carbocycles. The van der Waals surface area contributed by atoms with Crippen LogP contribution in [0.1, 0.15) is 158 Å². The van der Waals surface area contributed by atoms with Crippen LogP contribution in [-0.4, -0.2) is 39.0 Å². The molecule has 0 unspecified atom stereocenters. The van der Waals surface area contributed by atoms with Gasteiger partial charge in [0.25, 0.3) is 0 Å². The number of carboxylic acids is 3. The third kappa shape index (κ3) is 15.6. The number of benzene rings is 16. The smallest absolute Gasteiger partial charge is 0.303 e. The van der Waals surface area contributed by atoms with Crippen molar-refractivity contribution in [1.82, 2.24) is 0 Å². The maximum absolute atomic E-state index is 11.5. The zero-order valence-electron chi connectivity index (χ0n) is 57.7. The Morgan fingerprint density at radius 2 is 0.420 bits per heavy atom. The van der Waals surface area contributed by atoms with E-state index in [0.717, 1.165) is 56.9 Å². The molecule has 0 amide bonds. The van der Waals surface area contributed by atoms with E-state index in [4.69, 9.17) is 15.3 Å². The first kappa shape index (κ1) is 68.3. The summed E-state index contributed by atoms with van der Waals surface area (Å²) in [5.41, 5.74) is 5.32. The molecule has 0 aliphatic rings. The van der Waals surface area contributed by atoms with Crippen molar-refractivity contribution in [2.75, 3.05) is 0 Å². The number of hydrogen-bond donors (Lipinski definition) is 3. The first-order valence-corrected chi connectivity index (χ1v) is 36.7. The highest BCUT2D eigenvalue weighted by atomic mass is 16.4. The van der Waals surface area contributed by atoms with Crippen molar-refractivity contribution in [2.24, 2.45) is 0 Å². The van der Waals surface area contributed by atoms with Crippen LogP contribution in [0.3, 0.4) is 0 Å². The van der Waals surface area contributed by atoms with E-state index >= 15 is 0 Å². The monoisotopic (exact) mass is 1320 g/mol. The Bertz CT molecular complexity index is 5420. The molecule has 0 atom stereocenters. The third-order valence-electron chi connectivity index (χ3n) is 20.9. The second-order valence-electron chi connectivity index (χ2n) is 27.9. The second-order valence-corrected chi connectivity index (χ2v) is 27.9. The highest BCUT2D eigenvalue weighted by molar-refractivity contribution is 6.27. The molecule has 0 radical (unpaired) electrons. The zero-order valence-corrected chi connectivity index (χ0v) is 57.7. The summed E-state index contributed by atoms with van der Waals surface area (Å²) in [5, 5.41) is 57.9. The number of carbonyl (C=O) groups is 4. The molecule has 100 heavy (non-hydrogen) atoms. The summed E-state index contributed by atoms with van der Waals surface area (Å²) in [5.74, 6) is -1.86. The van der Waals surface area contributed by atoms with E-state index in [9.17, 15) is 19.2 Å². The highest BCUT2D eigenvalue weighted by Gasteiger charge is 2.16. The summed E-state index contributed by atoms with van der Waals surface area (Å²) in [6, 6.07) is 79.2. The Morgan fingerprint density at radius 1 is 0.220 bits per heavy atom. The van der Waals surface area contributed by atoms with Gasteiger partial charge in [0.15, 0.2) is 0 Å². The molecule has 7 heteroatoms. The van der Waals surface area contributed by atoms with Crippen LogP contribution in [-0.2, 0) is 44.9 Å². The minimum atomic E-state index is -0.724. The molecule has 0 bridgehead atoms. The average Bonchev–Trinajstić information content (AvgIpc) is 0.768. The van der Waals surface area contributed by atoms with Gasteiger partial charge in [0, 0.05) is 25.7 Å². The summed E-state index contributed by atoms with van der Waals surface area (Å²) in [6.07, 6.45) is 23.8. The van der Waals surface area contributed by atoms with E-state index in [1.807, 2.05) is 0 Å². The maximum atomic E-state index is 11.5. The molecule has 0 heterocycles. The van der Waals surface area contributed by atoms with E-state index in [1.165, 1.54) is 217 Å². The Balaban J connectivity index is 0.000000121. The minimum absolute atomic E-state index is 0.208. The van der Waals surface area contributed by atoms with E-state index in [2.05, 4.69) is 218 Å². The zero-order chi connectivity index (χ0) is 68.9. The average molecular weight is 1320 g/mol. The summed E-state index contributed by atoms with van der Waals surface area (Å²) < 4.78 is 0. The van der Waals surface area contributed by atoms with Crippen molar-refractivity contribution in [3.63, 3.8) is 0 Å². The van der Waals surface area contributed by atoms with Gasteiger partial charge >= 0.3 is 17.9 Å². The third-order valence-corrected chi connectivity index (χ3v) is 20.9. The minimum Gasteiger partial charge on any atom is -0.481 e. The number of rotatable bonds is 28. The number of Topliss-reactive ketones (excluding diaryl/α,β-unsaturated/α-hetero) is 1. The van der Waals surface area contributed by atoms with Crippen LogP contribution in [0.25, 0.3) is 129 Å². The molecule has 16 aromatic carbocycles. The Labute approximate surface area is 585 Å². The molecule has 16 aromatic rings. The van der Waals surface area contributed by atoms with E-state index in [-0.39, 0.29) is 12.2 Å². The van der Waals surface area contributed by atoms with Gasteiger partial charge in [-0.1, -0.05) is 295 Å². The first-order valence-electron chi connectivity index (χ1n) is 36.7. The predicted octanol–water partition coefficient (Wildman–Crippen LogP) is 25.2. The van der Waals surface area contributed by atoms with Gasteiger partial charge in [-0.3, -0.25) is 19.2 Å². The molecule has 3 N–H and O–H groups in total. The Kier molecular flexibility index (Phi) is 22.0. The lowest BCUT2D eigenvalue weighted by Crippen LogP contribution is -1.97. The summed E-state index contributed by atoms with van der Waals surface area (Å²) in [7, 11) is 0. The number of ketones is 1. The first-order chi connectivity index (χ1) is 48.9. The molecule has 504 valence electrons. The molecular weight excluding hydrogens is 1230 g/mol. The van der Waals surface area contributed by atoms with Crippen LogP contribution in [0.15, 0.2) is 218 Å². The molecule has 7 nitrogen and oxygen atoms in total. The van der Waals surface area contributed by atoms with Crippen LogP contribution >= 0.6 is 0 Å². The SMILES string of the molecule is CC(=O)Cc1ccc2ccc3cccc4ccc1c2c34.O=C(O)CCCCCCCCCCCc1ccc2ccc3cccc4ccc1c2c34.O=C(O)CCCCCCCCCc1ccc2ccc3cccc4ccc1c2c34.O=C(O)CCCc1ccc2ccc3cccc4ccc1c2c34. The maximum Gasteiger partial charge on any atom is 0.303 e. The van der Waals surface area contributed by atoms with Gasteiger partial charge in [-0.05, 0) is 210 Å². The topological polar surface area (TPSA) is 129 Å². The van der Waals surface area contributed by atoms with Gasteiger partial charge in [0.2, 0.25) is 0 Å². The van der Waals surface area contributed by atoms with E-state index in [0.29, 0.717) is 25.7 Å². The van der Waals surface area contributed by atoms with Crippen molar-refractivity contribution in [1.29, 1.82) is 0 Å². The van der Waals surface area contributed by atoms with E-state index in [1.54, 1.807) is 6.92 Å². The van der Waals surface area contributed by atoms with Crippen molar-refractivity contribution in [3.8, 4) is 0 Å². The normalized spacial score (nSPS) is 11.7. The van der Waals surface area contributed by atoms with Gasteiger partial charge < -0.3 is 15.3 Å². The van der Waals surface area contributed by atoms with Crippen LogP contribution in [0.4, 0.5) is 0 Å². The molecule has 0 saturated carbocycles. The molecule has 0 saturated heterocycles. The lowest BCUT2D eigenvalue weighted by atomic mass is 9.90. The van der Waals surface area contributed by atoms with Gasteiger partial charge in [-0.2, -0.15) is 0 Å². The second kappa shape index (κ2) is 32.2. The Hall–Kier alpha value is -10.2. The fourth-order valence-electron chi connectivity index (χ4n) is 16.0. The number of aliphatic carboxylic acids is 3. The van der Waals surface area contributed by atoms with Crippen molar-refractivity contribution in [2.45, 2.75) is 161 Å². The van der Waals surface area contributed by atoms with Gasteiger partial charge in [-0.25, -0.2) is 0 Å². The lowest BCUT2D eigenvalue weighted by Gasteiger charge is -2.14. The highest BCUT2D eigenvalue weighted by Crippen LogP contribution is 2.41. The standard InChI is InChI=1S/C28H32O2.C26H28O2.C20H16O2.C19H14O/c29-26(30)14-9-7-5-3-1-2-4-6-8-11-21-15-16-24-18-17-22-12-10-13-23-19-20-25(21)28(24)27(22)23;27-24(28)12-7-5-3-1-2-4-6-9-19-13-14-22-16-15-20-10-8-11-21-17-18-23(19)26(22)25(20)21;21-18(22)6-2-3-13-7-8-16-10-9-14-4-1-5-15-11-12-17(13)20(16)19(14)15;1-12(20)11-16-8-7-15-6-5-13-3-2-4-14-9-10-17(16)19(15)18(13)14/h10,12-13,15-20H,1-9,11,14H2,(H,29,30);8,10-11,13-18H,1-7,9,12H2,(H,27,28);1,4-5,7-12H,2-3,6H2,(H,21,22);2-10H,11H2,1H3. The molecule has 0 aliphatic heterocycles. The van der Waals surface area contributed by atoms with Gasteiger partial charge in [0.1, 0.15) is 5.78 Å². The van der Waals surface area contributed by atoms with Crippen LogP contribution < -0.4 is 0 Å². The van der Waals surface area contributed by atoms with E-state index < -0.39 is 17.9 Å². The number of aryl methyl sites for hydroxylation is 3. The summed E-state index contributed by atoms with van der Waals surface area (Å²) >= 11 is 0. The van der Waals surface area contributed by atoms with Crippen molar-refractivity contribution >= 4 is 153 Å². The number of unbranched alkanes of at least 4 members (excludes halogenated alkanes) is 14. The number of hydrogen-bond acceptors (Lipinski definition) is 4. The molecule has 16 rings (SSSR count). The van der Waals surface area contributed by atoms with Crippen LogP contribution in [0.5, 0.6) is 0 Å². The summed E-state index contributed by atoms with van der Waals surface area (Å²) in [6.45, 7) is 1.65. The predicted molar refractivity (Wildman–Crippen MR) is 421 cm³/mol. The number of carbonyl (C=O) groups excluding carboxylic acids is 1. The van der Waals surface area contributed by atoms with Crippen molar-refractivity contribution < 1.29 is 34.5 Å². The molecule has 0 spiro atoms. The Morgan fingerprint density at radius 3 is 0.690 bits per heavy atom. The fourth-order valence-corrected chi connectivity index (χ4v) is 16.0. The summed E-state index contributed by atoms with van der Waals surface area (Å²) in [4.78, 5) is 43.2. The fraction of sp³-hybridized carbons (Fsp3) is 0.269. The van der Waals surface area contributed by atoms with Gasteiger partial charge in [0.05, 0.1) is 0 Å². The molecule has 0 aromatic heterocycles. The van der Waals surface area contributed by atoms with Crippen LogP contribution in [0, 0.1) is 0 Å².